The van der Waals surface area contributed by atoms with Gasteiger partial charge in [-0.15, -0.1) is 0 Å². The van der Waals surface area contributed by atoms with Gasteiger partial charge in [0.15, 0.2) is 11.5 Å². The molecule has 1 N–H and O–H groups in total. The molecular weight excluding hydrogens is 300 g/mol. The number of H-pyrrole nitrogens is 1. The van der Waals surface area contributed by atoms with Crippen molar-refractivity contribution in [3.8, 4) is 28.4 Å². The van der Waals surface area contributed by atoms with Crippen LogP contribution in [0.3, 0.4) is 0 Å². The van der Waals surface area contributed by atoms with Crippen LogP contribution in [0.15, 0.2) is 54.9 Å². The van der Waals surface area contributed by atoms with E-state index in [0.29, 0.717) is 11.5 Å². The minimum Gasteiger partial charge on any atom is -0.497 e. The highest BCUT2D eigenvalue weighted by Gasteiger charge is 2.13. The molecule has 0 radical (unpaired) electrons. The Kier molecular flexibility index (Phi) is 3.46. The fourth-order valence-corrected chi connectivity index (χ4v) is 2.64. The average Bonchev–Trinajstić information content (AvgIpc) is 3.10. The van der Waals surface area contributed by atoms with Crippen LogP contribution in [0.2, 0.25) is 0 Å². The van der Waals surface area contributed by atoms with Crippen LogP contribution < -0.4 is 4.74 Å². The normalized spacial score (nSPS) is 10.9. The fraction of sp³-hybridized carbons (Fsp3) is 0.105. The molecule has 24 heavy (non-hydrogen) atoms. The van der Waals surface area contributed by atoms with Crippen molar-refractivity contribution in [1.29, 1.82) is 0 Å². The van der Waals surface area contributed by atoms with Gasteiger partial charge in [-0.2, -0.15) is 0 Å². The van der Waals surface area contributed by atoms with Gasteiger partial charge in [-0.25, -0.2) is 15.0 Å². The van der Waals surface area contributed by atoms with Crippen molar-refractivity contribution in [2.24, 2.45) is 0 Å². The summed E-state index contributed by atoms with van der Waals surface area (Å²) >= 11 is 0. The quantitative estimate of drug-likeness (QED) is 0.620. The van der Waals surface area contributed by atoms with Crippen LogP contribution in [0.4, 0.5) is 0 Å². The molecule has 4 aromatic rings. The number of benzene rings is 2. The van der Waals surface area contributed by atoms with Crippen LogP contribution in [0.5, 0.6) is 5.75 Å². The van der Waals surface area contributed by atoms with Crippen LogP contribution in [0.1, 0.15) is 5.56 Å². The number of fused-ring (bicyclic) bond motifs is 1. The monoisotopic (exact) mass is 316 g/mol. The van der Waals surface area contributed by atoms with Gasteiger partial charge < -0.3 is 9.72 Å². The van der Waals surface area contributed by atoms with Crippen molar-refractivity contribution in [1.82, 2.24) is 19.9 Å². The molecule has 0 saturated heterocycles. The summed E-state index contributed by atoms with van der Waals surface area (Å²) in [4.78, 5) is 16.8. The summed E-state index contributed by atoms with van der Waals surface area (Å²) in [5.74, 6) is 1.45. The molecule has 2 aromatic heterocycles. The van der Waals surface area contributed by atoms with E-state index < -0.39 is 0 Å². The van der Waals surface area contributed by atoms with E-state index in [0.717, 1.165) is 28.1 Å². The molecule has 118 valence electrons. The van der Waals surface area contributed by atoms with Crippen molar-refractivity contribution in [2.75, 3.05) is 7.11 Å². The predicted octanol–water partition coefficient (Wildman–Crippen LogP) is 4.00. The number of nitrogens with zero attached hydrogens (tertiary/aromatic N) is 3. The highest BCUT2D eigenvalue weighted by Crippen LogP contribution is 2.29. The van der Waals surface area contributed by atoms with E-state index in [2.05, 4.69) is 34.0 Å². The molecule has 0 aliphatic rings. The topological polar surface area (TPSA) is 63.7 Å². The average molecular weight is 316 g/mol. The number of methoxy groups -OCH3 is 1. The van der Waals surface area contributed by atoms with Crippen LogP contribution in [-0.2, 0) is 0 Å². The van der Waals surface area contributed by atoms with E-state index in [4.69, 9.17) is 9.72 Å². The van der Waals surface area contributed by atoms with Gasteiger partial charge in [0.25, 0.3) is 0 Å². The zero-order valence-electron chi connectivity index (χ0n) is 13.4. The van der Waals surface area contributed by atoms with Gasteiger partial charge in [0, 0.05) is 11.1 Å². The number of aromatic nitrogens is 4. The molecule has 0 unspecified atom stereocenters. The smallest absolute Gasteiger partial charge is 0.181 e. The minimum absolute atomic E-state index is 0.651. The maximum atomic E-state index is 5.33. The fourth-order valence-electron chi connectivity index (χ4n) is 2.64. The Morgan fingerprint density at radius 2 is 1.79 bits per heavy atom. The Labute approximate surface area is 139 Å². The number of nitrogens with one attached hydrogen (secondary N) is 1. The van der Waals surface area contributed by atoms with Crippen molar-refractivity contribution < 1.29 is 4.74 Å². The zero-order valence-corrected chi connectivity index (χ0v) is 13.4. The van der Waals surface area contributed by atoms with Gasteiger partial charge in [0.05, 0.1) is 13.4 Å². The molecule has 0 saturated carbocycles. The first-order valence-corrected chi connectivity index (χ1v) is 7.67. The van der Waals surface area contributed by atoms with E-state index >= 15 is 0 Å². The maximum absolute atomic E-state index is 5.33. The summed E-state index contributed by atoms with van der Waals surface area (Å²) in [5, 5.41) is 0. The Hall–Kier alpha value is -3.21. The van der Waals surface area contributed by atoms with Crippen LogP contribution in [-0.4, -0.2) is 27.0 Å². The standard InChI is InChI=1S/C19H16N4O/c1-12-6-8-13(9-7-12)18-22-16(17-19(23-18)21-11-20-17)14-4-3-5-15(10-14)24-2/h3-11H,1-2H3,(H,20,21,22,23). The van der Waals surface area contributed by atoms with Gasteiger partial charge in [-0.05, 0) is 19.1 Å². The Bertz CT molecular complexity index is 1010. The van der Waals surface area contributed by atoms with Crippen molar-refractivity contribution in [3.05, 3.63) is 60.4 Å². The number of hydrogen-bond donors (Lipinski definition) is 1. The molecule has 0 bridgehead atoms. The highest BCUT2D eigenvalue weighted by atomic mass is 16.5. The summed E-state index contributed by atoms with van der Waals surface area (Å²) in [6.07, 6.45) is 1.64. The van der Waals surface area contributed by atoms with E-state index in [9.17, 15) is 0 Å². The molecule has 4 rings (SSSR count). The first-order chi connectivity index (χ1) is 11.7. The largest absolute Gasteiger partial charge is 0.497 e. The first kappa shape index (κ1) is 14.4. The van der Waals surface area contributed by atoms with Crippen molar-refractivity contribution in [2.45, 2.75) is 6.92 Å². The molecule has 0 fully saturated rings. The van der Waals surface area contributed by atoms with E-state index in [1.165, 1.54) is 5.56 Å². The minimum atomic E-state index is 0.651. The van der Waals surface area contributed by atoms with Gasteiger partial charge in [-0.3, -0.25) is 0 Å². The second kappa shape index (κ2) is 5.77. The summed E-state index contributed by atoms with van der Waals surface area (Å²) < 4.78 is 5.33. The van der Waals surface area contributed by atoms with E-state index in [-0.39, 0.29) is 0 Å². The molecule has 2 aromatic carbocycles. The number of hydrogen-bond acceptors (Lipinski definition) is 4. The lowest BCUT2D eigenvalue weighted by Crippen LogP contribution is -1.95. The van der Waals surface area contributed by atoms with Crippen molar-refractivity contribution in [3.63, 3.8) is 0 Å². The third kappa shape index (κ3) is 2.50. The number of rotatable bonds is 3. The zero-order chi connectivity index (χ0) is 16.5. The molecule has 0 amide bonds. The summed E-state index contributed by atoms with van der Waals surface area (Å²) in [5.41, 5.74) is 5.41. The molecular formula is C19H16N4O. The van der Waals surface area contributed by atoms with Gasteiger partial charge in [0.1, 0.15) is 17.0 Å². The molecule has 0 aliphatic carbocycles. The highest BCUT2D eigenvalue weighted by molar-refractivity contribution is 5.88. The number of ether oxygens (including phenoxy) is 1. The molecule has 0 atom stereocenters. The molecule has 0 aliphatic heterocycles. The lowest BCUT2D eigenvalue weighted by Gasteiger charge is -2.08. The van der Waals surface area contributed by atoms with Gasteiger partial charge in [-0.1, -0.05) is 42.0 Å². The lowest BCUT2D eigenvalue weighted by atomic mass is 10.1. The molecule has 0 spiro atoms. The predicted molar refractivity (Wildman–Crippen MR) is 93.8 cm³/mol. The Balaban J connectivity index is 1.93. The maximum Gasteiger partial charge on any atom is 0.181 e. The molecule has 5 heteroatoms. The lowest BCUT2D eigenvalue weighted by molar-refractivity contribution is 0.415. The van der Waals surface area contributed by atoms with Crippen molar-refractivity contribution >= 4 is 11.2 Å². The summed E-state index contributed by atoms with van der Waals surface area (Å²) in [6.45, 7) is 2.06. The first-order valence-electron chi connectivity index (χ1n) is 7.67. The van der Waals surface area contributed by atoms with Crippen LogP contribution >= 0.6 is 0 Å². The third-order valence-corrected chi connectivity index (χ3v) is 3.94. The second-order valence-electron chi connectivity index (χ2n) is 5.59. The number of imidazole rings is 1. The SMILES string of the molecule is COc1cccc(-c2nc(-c3ccc(C)cc3)nc3nc[nH]c23)c1. The number of aryl methyl sites for hydroxylation is 1. The van der Waals surface area contributed by atoms with Gasteiger partial charge >= 0.3 is 0 Å². The summed E-state index contributed by atoms with van der Waals surface area (Å²) in [7, 11) is 1.66. The summed E-state index contributed by atoms with van der Waals surface area (Å²) in [6, 6.07) is 16.0. The van der Waals surface area contributed by atoms with E-state index in [1.807, 2.05) is 36.4 Å². The molecule has 5 nitrogen and oxygen atoms in total. The number of aromatic amines is 1. The van der Waals surface area contributed by atoms with E-state index in [1.54, 1.807) is 13.4 Å². The Morgan fingerprint density at radius 3 is 2.58 bits per heavy atom. The Morgan fingerprint density at radius 1 is 0.958 bits per heavy atom. The molecule has 2 heterocycles. The van der Waals surface area contributed by atoms with Crippen LogP contribution in [0.25, 0.3) is 33.8 Å². The van der Waals surface area contributed by atoms with Gasteiger partial charge in [0.2, 0.25) is 0 Å². The van der Waals surface area contributed by atoms with Crippen LogP contribution in [0, 0.1) is 6.92 Å². The second-order valence-corrected chi connectivity index (χ2v) is 5.59. The third-order valence-electron chi connectivity index (χ3n) is 3.94.